The van der Waals surface area contributed by atoms with Crippen LogP contribution in [0.1, 0.15) is 25.3 Å². The van der Waals surface area contributed by atoms with E-state index in [1.54, 1.807) is 0 Å². The van der Waals surface area contributed by atoms with Gasteiger partial charge in [0, 0.05) is 31.7 Å². The molecule has 2 N–H and O–H groups in total. The van der Waals surface area contributed by atoms with Crippen LogP contribution in [0.5, 0.6) is 0 Å². The molecule has 1 aromatic carbocycles. The molecule has 110 valence electrons. The smallest absolute Gasteiger partial charge is 0.231 e. The number of carbonyl (C=O) groups is 1. The van der Waals surface area contributed by atoms with Gasteiger partial charge in [0.25, 0.3) is 0 Å². The van der Waals surface area contributed by atoms with Crippen molar-refractivity contribution in [2.24, 2.45) is 5.73 Å². The lowest BCUT2D eigenvalue weighted by atomic mass is 9.96. The first-order valence-corrected chi connectivity index (χ1v) is 7.30. The van der Waals surface area contributed by atoms with Gasteiger partial charge in [-0.3, -0.25) is 9.69 Å². The number of amides is 1. The van der Waals surface area contributed by atoms with Crippen LogP contribution < -0.4 is 5.73 Å². The number of rotatable bonds is 3. The second-order valence-electron chi connectivity index (χ2n) is 5.81. The Bertz CT molecular complexity index is 436. The molecule has 20 heavy (non-hydrogen) atoms. The minimum Gasteiger partial charge on any atom is -0.339 e. The number of piperazine rings is 1. The Hall–Kier alpha value is -1.39. The predicted molar refractivity (Wildman–Crippen MR) is 81.5 cm³/mol. The van der Waals surface area contributed by atoms with Gasteiger partial charge in [-0.2, -0.15) is 0 Å². The summed E-state index contributed by atoms with van der Waals surface area (Å²) in [7, 11) is 2.12. The quantitative estimate of drug-likeness (QED) is 0.904. The lowest BCUT2D eigenvalue weighted by molar-refractivity contribution is -0.136. The monoisotopic (exact) mass is 275 g/mol. The molecule has 2 rings (SSSR count). The summed E-state index contributed by atoms with van der Waals surface area (Å²) in [5.41, 5.74) is 6.86. The zero-order valence-electron chi connectivity index (χ0n) is 12.6. The SMILES string of the molecule is CC1CN(C(=O)C(CN)c2ccccc2)CC(C)N1C. The highest BCUT2D eigenvalue weighted by atomic mass is 16.2. The highest BCUT2D eigenvalue weighted by Gasteiger charge is 2.32. The van der Waals surface area contributed by atoms with Crippen LogP contribution in [0.25, 0.3) is 0 Å². The van der Waals surface area contributed by atoms with E-state index in [9.17, 15) is 4.79 Å². The van der Waals surface area contributed by atoms with Gasteiger partial charge in [-0.1, -0.05) is 30.3 Å². The molecule has 0 aliphatic carbocycles. The topological polar surface area (TPSA) is 49.6 Å². The summed E-state index contributed by atoms with van der Waals surface area (Å²) in [5, 5.41) is 0. The van der Waals surface area contributed by atoms with Crippen molar-refractivity contribution in [1.29, 1.82) is 0 Å². The fraction of sp³-hybridized carbons (Fsp3) is 0.562. The molecule has 1 aliphatic heterocycles. The predicted octanol–water partition coefficient (Wildman–Crippen LogP) is 1.28. The number of likely N-dealkylation sites (N-methyl/N-ethyl adjacent to an activating group) is 1. The van der Waals surface area contributed by atoms with Gasteiger partial charge < -0.3 is 10.6 Å². The summed E-state index contributed by atoms with van der Waals surface area (Å²) < 4.78 is 0. The molecule has 1 aromatic rings. The number of nitrogens with zero attached hydrogens (tertiary/aromatic N) is 2. The molecule has 1 saturated heterocycles. The fourth-order valence-corrected chi connectivity index (χ4v) is 2.87. The maximum Gasteiger partial charge on any atom is 0.231 e. The van der Waals surface area contributed by atoms with Crippen LogP contribution in [0, 0.1) is 0 Å². The van der Waals surface area contributed by atoms with Gasteiger partial charge in [0.1, 0.15) is 0 Å². The Morgan fingerprint density at radius 1 is 1.25 bits per heavy atom. The van der Waals surface area contributed by atoms with Crippen molar-refractivity contribution in [3.05, 3.63) is 35.9 Å². The summed E-state index contributed by atoms with van der Waals surface area (Å²) in [6.07, 6.45) is 0. The third-order valence-electron chi connectivity index (χ3n) is 4.41. The second kappa shape index (κ2) is 6.37. The zero-order valence-corrected chi connectivity index (χ0v) is 12.6. The third kappa shape index (κ3) is 3.02. The van der Waals surface area contributed by atoms with Gasteiger partial charge in [-0.05, 0) is 26.5 Å². The van der Waals surface area contributed by atoms with E-state index in [0.717, 1.165) is 18.7 Å². The molecule has 1 heterocycles. The fourth-order valence-electron chi connectivity index (χ4n) is 2.87. The number of benzene rings is 1. The van der Waals surface area contributed by atoms with Crippen molar-refractivity contribution >= 4 is 5.91 Å². The average molecular weight is 275 g/mol. The Morgan fingerprint density at radius 2 is 1.80 bits per heavy atom. The normalized spacial score (nSPS) is 25.5. The minimum atomic E-state index is -0.223. The van der Waals surface area contributed by atoms with Crippen molar-refractivity contribution in [2.75, 3.05) is 26.7 Å². The standard InChI is InChI=1S/C16H25N3O/c1-12-10-19(11-13(2)18(12)3)16(20)15(9-17)14-7-5-4-6-8-14/h4-8,12-13,15H,9-11,17H2,1-3H3. The second-order valence-corrected chi connectivity index (χ2v) is 5.81. The van der Waals surface area contributed by atoms with Crippen LogP contribution in [0.15, 0.2) is 30.3 Å². The van der Waals surface area contributed by atoms with Crippen molar-refractivity contribution in [3.8, 4) is 0 Å². The van der Waals surface area contributed by atoms with Gasteiger partial charge in [0.2, 0.25) is 5.91 Å². The summed E-state index contributed by atoms with van der Waals surface area (Å²) in [5.74, 6) is -0.0653. The molecule has 0 aromatic heterocycles. The summed E-state index contributed by atoms with van der Waals surface area (Å²) in [6.45, 7) is 6.25. The van der Waals surface area contributed by atoms with Gasteiger partial charge in [-0.25, -0.2) is 0 Å². The lowest BCUT2D eigenvalue weighted by Crippen LogP contribution is -2.57. The molecule has 0 spiro atoms. The van der Waals surface area contributed by atoms with Crippen LogP contribution in [-0.4, -0.2) is 54.5 Å². The molecule has 3 unspecified atom stereocenters. The number of hydrogen-bond donors (Lipinski definition) is 1. The van der Waals surface area contributed by atoms with E-state index in [2.05, 4.69) is 25.8 Å². The van der Waals surface area contributed by atoms with Crippen LogP contribution in [0.3, 0.4) is 0 Å². The Morgan fingerprint density at radius 3 is 2.30 bits per heavy atom. The van der Waals surface area contributed by atoms with Crippen molar-refractivity contribution in [1.82, 2.24) is 9.80 Å². The summed E-state index contributed by atoms with van der Waals surface area (Å²) >= 11 is 0. The van der Waals surface area contributed by atoms with Crippen molar-refractivity contribution < 1.29 is 4.79 Å². The van der Waals surface area contributed by atoms with E-state index in [1.165, 1.54) is 0 Å². The molecular weight excluding hydrogens is 250 g/mol. The third-order valence-corrected chi connectivity index (χ3v) is 4.41. The number of nitrogens with two attached hydrogens (primary N) is 1. The Kier molecular flexibility index (Phi) is 4.78. The first-order valence-electron chi connectivity index (χ1n) is 7.30. The van der Waals surface area contributed by atoms with Gasteiger partial charge >= 0.3 is 0 Å². The van der Waals surface area contributed by atoms with Crippen LogP contribution >= 0.6 is 0 Å². The van der Waals surface area contributed by atoms with Crippen molar-refractivity contribution in [2.45, 2.75) is 31.8 Å². The first-order chi connectivity index (χ1) is 9.54. The molecule has 0 radical (unpaired) electrons. The Balaban J connectivity index is 2.13. The molecule has 1 fully saturated rings. The van der Waals surface area contributed by atoms with Gasteiger partial charge in [0.05, 0.1) is 5.92 Å². The van der Waals surface area contributed by atoms with E-state index in [0.29, 0.717) is 18.6 Å². The minimum absolute atomic E-state index is 0.158. The Labute approximate surface area is 121 Å². The van der Waals surface area contributed by atoms with Gasteiger partial charge in [0.15, 0.2) is 0 Å². The molecule has 0 bridgehead atoms. The van der Waals surface area contributed by atoms with E-state index < -0.39 is 0 Å². The van der Waals surface area contributed by atoms with E-state index in [1.807, 2.05) is 35.2 Å². The highest BCUT2D eigenvalue weighted by molar-refractivity contribution is 5.84. The molecule has 4 nitrogen and oxygen atoms in total. The summed E-state index contributed by atoms with van der Waals surface area (Å²) in [4.78, 5) is 17.1. The molecule has 1 aliphatic rings. The maximum absolute atomic E-state index is 12.8. The first kappa shape index (κ1) is 15.0. The van der Waals surface area contributed by atoms with E-state index >= 15 is 0 Å². The maximum atomic E-state index is 12.8. The molecular formula is C16H25N3O. The zero-order chi connectivity index (χ0) is 14.7. The van der Waals surface area contributed by atoms with E-state index in [-0.39, 0.29) is 11.8 Å². The molecule has 1 amide bonds. The average Bonchev–Trinajstić information content (AvgIpc) is 2.46. The van der Waals surface area contributed by atoms with Crippen LogP contribution in [0.2, 0.25) is 0 Å². The molecule has 0 saturated carbocycles. The van der Waals surface area contributed by atoms with Crippen LogP contribution in [0.4, 0.5) is 0 Å². The summed E-state index contributed by atoms with van der Waals surface area (Å²) in [6, 6.07) is 10.6. The largest absolute Gasteiger partial charge is 0.339 e. The van der Waals surface area contributed by atoms with E-state index in [4.69, 9.17) is 5.73 Å². The number of carbonyl (C=O) groups excluding carboxylic acids is 1. The molecule has 4 heteroatoms. The highest BCUT2D eigenvalue weighted by Crippen LogP contribution is 2.21. The molecule has 3 atom stereocenters. The lowest BCUT2D eigenvalue weighted by Gasteiger charge is -2.43. The van der Waals surface area contributed by atoms with Crippen LogP contribution in [-0.2, 0) is 4.79 Å². The number of hydrogen-bond acceptors (Lipinski definition) is 3. The van der Waals surface area contributed by atoms with Gasteiger partial charge in [-0.15, -0.1) is 0 Å². The van der Waals surface area contributed by atoms with Crippen molar-refractivity contribution in [3.63, 3.8) is 0 Å².